The summed E-state index contributed by atoms with van der Waals surface area (Å²) in [4.78, 5) is 17.8. The summed E-state index contributed by atoms with van der Waals surface area (Å²) in [5, 5.41) is 19.0. The van der Waals surface area contributed by atoms with Crippen LogP contribution in [0.1, 0.15) is 50.4 Å². The van der Waals surface area contributed by atoms with E-state index in [1.165, 1.54) is 0 Å². The lowest BCUT2D eigenvalue weighted by Crippen LogP contribution is -2.25. The number of nitrogens with zero attached hydrogens (tertiary/aromatic N) is 3. The average Bonchev–Trinajstić information content (AvgIpc) is 2.90. The molecule has 0 saturated heterocycles. The largest absolute Gasteiger partial charge is 0.511 e. The third-order valence-electron chi connectivity index (χ3n) is 4.52. The fourth-order valence-electron chi connectivity index (χ4n) is 3.33. The van der Waals surface area contributed by atoms with E-state index in [1.54, 1.807) is 6.08 Å². The van der Waals surface area contributed by atoms with Gasteiger partial charge in [0.05, 0.1) is 17.0 Å². The van der Waals surface area contributed by atoms with Crippen LogP contribution < -0.4 is 0 Å². The molecule has 0 amide bonds. The molecule has 1 aliphatic carbocycles. The number of aliphatic hydroxyl groups is 1. The summed E-state index contributed by atoms with van der Waals surface area (Å²) < 4.78 is 1.96. The van der Waals surface area contributed by atoms with Crippen LogP contribution in [-0.2, 0) is 16.2 Å². The SMILES string of the molecule is C=CCON=C(CCC)C1=C(O)CC(CCn2nc(C)cc2C)CC1=O. The zero-order valence-corrected chi connectivity index (χ0v) is 16.0. The van der Waals surface area contributed by atoms with E-state index in [1.807, 2.05) is 31.5 Å². The van der Waals surface area contributed by atoms with Gasteiger partial charge in [0.25, 0.3) is 0 Å². The van der Waals surface area contributed by atoms with Gasteiger partial charge in [-0.2, -0.15) is 5.10 Å². The van der Waals surface area contributed by atoms with Gasteiger partial charge in [-0.15, -0.1) is 0 Å². The average molecular weight is 359 g/mol. The minimum Gasteiger partial charge on any atom is -0.511 e. The monoisotopic (exact) mass is 359 g/mol. The number of rotatable bonds is 9. The minimum atomic E-state index is -0.0541. The van der Waals surface area contributed by atoms with Crippen LogP contribution in [-0.4, -0.2) is 33.0 Å². The summed E-state index contributed by atoms with van der Waals surface area (Å²) in [5.41, 5.74) is 2.99. The fourth-order valence-corrected chi connectivity index (χ4v) is 3.33. The maximum absolute atomic E-state index is 12.6. The quantitative estimate of drug-likeness (QED) is 0.312. The summed E-state index contributed by atoms with van der Waals surface area (Å²) in [7, 11) is 0. The van der Waals surface area contributed by atoms with Crippen LogP contribution in [0.3, 0.4) is 0 Å². The highest BCUT2D eigenvalue weighted by molar-refractivity contribution is 6.23. The van der Waals surface area contributed by atoms with Crippen molar-refractivity contribution in [2.45, 2.75) is 59.4 Å². The third-order valence-corrected chi connectivity index (χ3v) is 4.52. The molecule has 1 aliphatic rings. The minimum absolute atomic E-state index is 0.0541. The smallest absolute Gasteiger partial charge is 0.168 e. The Labute approximate surface area is 155 Å². The summed E-state index contributed by atoms with van der Waals surface area (Å²) in [5.74, 6) is 0.197. The Morgan fingerprint density at radius 2 is 2.27 bits per heavy atom. The second kappa shape index (κ2) is 9.36. The van der Waals surface area contributed by atoms with Crippen LogP contribution in [0.25, 0.3) is 0 Å². The van der Waals surface area contributed by atoms with E-state index in [2.05, 4.69) is 16.8 Å². The fraction of sp³-hybridized carbons (Fsp3) is 0.550. The van der Waals surface area contributed by atoms with Crippen molar-refractivity contribution in [1.82, 2.24) is 9.78 Å². The Morgan fingerprint density at radius 3 is 2.85 bits per heavy atom. The summed E-state index contributed by atoms with van der Waals surface area (Å²) in [6, 6.07) is 2.04. The molecule has 0 aromatic carbocycles. The molecular formula is C20H29N3O3. The molecule has 0 saturated carbocycles. The van der Waals surface area contributed by atoms with Crippen molar-refractivity contribution >= 4 is 11.5 Å². The van der Waals surface area contributed by atoms with Gasteiger partial charge in [0.1, 0.15) is 12.4 Å². The molecule has 6 nitrogen and oxygen atoms in total. The third kappa shape index (κ3) is 5.07. The van der Waals surface area contributed by atoms with Crippen molar-refractivity contribution in [1.29, 1.82) is 0 Å². The predicted molar refractivity (Wildman–Crippen MR) is 102 cm³/mol. The standard InChI is InChI=1S/C20H29N3O3/c1-5-7-17(22-26-10-6-2)20-18(24)12-16(13-19(20)25)8-9-23-15(4)11-14(3)21-23/h6,11,16,24H,2,5,7-10,12-13H2,1,3-4H3. The number of aliphatic hydroxyl groups excluding tert-OH is 1. The zero-order valence-electron chi connectivity index (χ0n) is 16.0. The topological polar surface area (TPSA) is 76.7 Å². The highest BCUT2D eigenvalue weighted by atomic mass is 16.6. The van der Waals surface area contributed by atoms with E-state index in [-0.39, 0.29) is 24.1 Å². The number of Topliss-reactive ketones (excluding diaryl/α,β-unsaturated/α-hetero) is 1. The van der Waals surface area contributed by atoms with Gasteiger partial charge in [-0.1, -0.05) is 31.2 Å². The van der Waals surface area contributed by atoms with E-state index in [0.717, 1.165) is 30.8 Å². The maximum Gasteiger partial charge on any atom is 0.168 e. The van der Waals surface area contributed by atoms with Crippen molar-refractivity contribution in [3.8, 4) is 0 Å². The molecule has 26 heavy (non-hydrogen) atoms. The van der Waals surface area contributed by atoms with Gasteiger partial charge in [-0.3, -0.25) is 9.48 Å². The van der Waals surface area contributed by atoms with Crippen molar-refractivity contribution in [2.75, 3.05) is 6.61 Å². The number of carbonyl (C=O) groups excluding carboxylic acids is 1. The number of allylic oxidation sites excluding steroid dienone is 2. The maximum atomic E-state index is 12.6. The molecule has 0 aliphatic heterocycles. The van der Waals surface area contributed by atoms with Crippen LogP contribution in [0.5, 0.6) is 0 Å². The van der Waals surface area contributed by atoms with E-state index < -0.39 is 0 Å². The van der Waals surface area contributed by atoms with Crippen molar-refractivity contribution in [2.24, 2.45) is 11.1 Å². The van der Waals surface area contributed by atoms with Crippen LogP contribution in [0.4, 0.5) is 0 Å². The van der Waals surface area contributed by atoms with Gasteiger partial charge >= 0.3 is 0 Å². The highest BCUT2D eigenvalue weighted by Gasteiger charge is 2.30. The molecule has 1 atom stereocenters. The first kappa shape index (κ1) is 19.9. The normalized spacial score (nSPS) is 18.3. The van der Waals surface area contributed by atoms with Gasteiger partial charge in [0.15, 0.2) is 5.78 Å². The van der Waals surface area contributed by atoms with E-state index >= 15 is 0 Å². The summed E-state index contributed by atoms with van der Waals surface area (Å²) >= 11 is 0. The van der Waals surface area contributed by atoms with Gasteiger partial charge < -0.3 is 9.94 Å². The molecule has 0 bridgehead atoms. The Hall–Kier alpha value is -2.37. The predicted octanol–water partition coefficient (Wildman–Crippen LogP) is 4.04. The second-order valence-corrected chi connectivity index (χ2v) is 6.83. The molecule has 6 heteroatoms. The van der Waals surface area contributed by atoms with Gasteiger partial charge in [-0.05, 0) is 38.7 Å². The van der Waals surface area contributed by atoms with Crippen LogP contribution in [0.15, 0.2) is 35.2 Å². The Balaban J connectivity index is 2.07. The number of carbonyl (C=O) groups is 1. The van der Waals surface area contributed by atoms with Crippen LogP contribution in [0.2, 0.25) is 0 Å². The molecule has 0 spiro atoms. The molecule has 142 valence electrons. The molecule has 1 aromatic heterocycles. The molecule has 1 unspecified atom stereocenters. The molecule has 2 rings (SSSR count). The Morgan fingerprint density at radius 1 is 1.50 bits per heavy atom. The van der Waals surface area contributed by atoms with E-state index in [9.17, 15) is 9.90 Å². The number of oxime groups is 1. The first-order valence-electron chi connectivity index (χ1n) is 9.22. The van der Waals surface area contributed by atoms with Gasteiger partial charge in [0.2, 0.25) is 0 Å². The number of ketones is 1. The summed E-state index contributed by atoms with van der Waals surface area (Å²) in [6.45, 7) is 10.6. The van der Waals surface area contributed by atoms with E-state index in [4.69, 9.17) is 4.84 Å². The van der Waals surface area contributed by atoms with Crippen LogP contribution >= 0.6 is 0 Å². The number of aryl methyl sites for hydroxylation is 3. The molecule has 1 aromatic rings. The van der Waals surface area contributed by atoms with E-state index in [0.29, 0.717) is 30.5 Å². The summed E-state index contributed by atoms with van der Waals surface area (Å²) in [6.07, 6.45) is 4.73. The van der Waals surface area contributed by atoms with Gasteiger partial charge in [0, 0.05) is 25.1 Å². The molecule has 1 N–H and O–H groups in total. The second-order valence-electron chi connectivity index (χ2n) is 6.83. The first-order valence-corrected chi connectivity index (χ1v) is 9.22. The number of hydrogen-bond donors (Lipinski definition) is 1. The van der Waals surface area contributed by atoms with Crippen LogP contribution in [0, 0.1) is 19.8 Å². The lowest BCUT2D eigenvalue weighted by Gasteiger charge is -2.24. The van der Waals surface area contributed by atoms with Gasteiger partial charge in [-0.25, -0.2) is 0 Å². The molecule has 0 radical (unpaired) electrons. The molecular weight excluding hydrogens is 330 g/mol. The zero-order chi connectivity index (χ0) is 19.1. The first-order chi connectivity index (χ1) is 12.5. The number of hydrogen-bond acceptors (Lipinski definition) is 5. The highest BCUT2D eigenvalue weighted by Crippen LogP contribution is 2.30. The van der Waals surface area contributed by atoms with Crippen molar-refractivity contribution in [3.63, 3.8) is 0 Å². The van der Waals surface area contributed by atoms with Crippen molar-refractivity contribution in [3.05, 3.63) is 41.4 Å². The number of aromatic nitrogens is 2. The lowest BCUT2D eigenvalue weighted by atomic mass is 9.83. The molecule has 1 heterocycles. The Kier molecular flexibility index (Phi) is 7.18. The Bertz CT molecular complexity index is 716. The molecule has 0 fully saturated rings. The van der Waals surface area contributed by atoms with Crippen molar-refractivity contribution < 1.29 is 14.7 Å². The lowest BCUT2D eigenvalue weighted by molar-refractivity contribution is -0.116.